The van der Waals surface area contributed by atoms with Gasteiger partial charge in [-0.15, -0.1) is 12.4 Å². The first-order valence-electron chi connectivity index (χ1n) is 8.75. The first kappa shape index (κ1) is 18.3. The van der Waals surface area contributed by atoms with Crippen LogP contribution in [0.5, 0.6) is 0 Å². The first-order chi connectivity index (χ1) is 11.7. The second-order valence-corrected chi connectivity index (χ2v) is 6.88. The highest BCUT2D eigenvalue weighted by molar-refractivity contribution is 5.85. The van der Waals surface area contributed by atoms with Gasteiger partial charge in [-0.05, 0) is 30.5 Å². The van der Waals surface area contributed by atoms with Crippen molar-refractivity contribution >= 4 is 12.4 Å². The van der Waals surface area contributed by atoms with Gasteiger partial charge in [-0.1, -0.05) is 30.1 Å². The van der Waals surface area contributed by atoms with Crippen molar-refractivity contribution in [2.45, 2.75) is 37.8 Å². The predicted molar refractivity (Wildman–Crippen MR) is 97.4 cm³/mol. The molecule has 136 valence electrons. The summed E-state index contributed by atoms with van der Waals surface area (Å²) < 4.78 is 10.9. The van der Waals surface area contributed by atoms with Crippen molar-refractivity contribution in [1.82, 2.24) is 15.0 Å². The highest BCUT2D eigenvalue weighted by Gasteiger charge is 2.36. The van der Waals surface area contributed by atoms with E-state index in [4.69, 9.17) is 15.0 Å². The van der Waals surface area contributed by atoms with Crippen LogP contribution in [0, 0.1) is 0 Å². The van der Waals surface area contributed by atoms with E-state index in [9.17, 15) is 0 Å². The van der Waals surface area contributed by atoms with Crippen molar-refractivity contribution in [2.24, 2.45) is 5.73 Å². The molecule has 0 spiro atoms. The Morgan fingerprint density at radius 2 is 1.92 bits per heavy atom. The van der Waals surface area contributed by atoms with Crippen LogP contribution in [-0.2, 0) is 16.8 Å². The third-order valence-corrected chi connectivity index (χ3v) is 5.05. The summed E-state index contributed by atoms with van der Waals surface area (Å²) in [5.41, 5.74) is 8.22. The molecule has 2 fully saturated rings. The van der Waals surface area contributed by atoms with Crippen LogP contribution in [0.25, 0.3) is 11.5 Å². The lowest BCUT2D eigenvalue weighted by atomic mass is 9.98. The van der Waals surface area contributed by atoms with Crippen LogP contribution in [0.3, 0.4) is 0 Å². The van der Waals surface area contributed by atoms with Crippen LogP contribution in [0.15, 0.2) is 28.8 Å². The summed E-state index contributed by atoms with van der Waals surface area (Å²) in [6.45, 7) is 4.49. The second kappa shape index (κ2) is 7.83. The molecule has 0 radical (unpaired) electrons. The lowest BCUT2D eigenvalue weighted by molar-refractivity contribution is 0.0342. The minimum Gasteiger partial charge on any atom is -0.379 e. The maximum atomic E-state index is 6.42. The second-order valence-electron chi connectivity index (χ2n) is 6.88. The minimum atomic E-state index is -0.410. The highest BCUT2D eigenvalue weighted by atomic mass is 35.5. The Hall–Kier alpha value is -1.47. The van der Waals surface area contributed by atoms with Crippen molar-refractivity contribution in [3.63, 3.8) is 0 Å². The average Bonchev–Trinajstić information content (AvgIpc) is 3.26. The van der Waals surface area contributed by atoms with E-state index in [1.165, 1.54) is 5.56 Å². The van der Waals surface area contributed by atoms with Crippen LogP contribution in [0.4, 0.5) is 0 Å². The van der Waals surface area contributed by atoms with E-state index in [-0.39, 0.29) is 12.4 Å². The van der Waals surface area contributed by atoms with Gasteiger partial charge in [-0.3, -0.25) is 4.90 Å². The molecule has 0 bridgehead atoms. The Morgan fingerprint density at radius 1 is 1.16 bits per heavy atom. The molecule has 0 amide bonds. The standard InChI is InChI=1S/C18H24N4O2.ClH/c19-18(6-1-2-7-18)17-20-16(24-21-17)15-5-3-4-14(12-15)13-22-8-10-23-11-9-22;/h3-5,12H,1-2,6-11,13,19H2;1H. The van der Waals surface area contributed by atoms with Gasteiger partial charge in [0.25, 0.3) is 5.89 Å². The molecule has 1 saturated heterocycles. The summed E-state index contributed by atoms with van der Waals surface area (Å²) in [7, 11) is 0. The number of morpholine rings is 1. The SMILES string of the molecule is Cl.NC1(c2noc(-c3cccc(CN4CCOCC4)c3)n2)CCCC1. The van der Waals surface area contributed by atoms with Gasteiger partial charge in [0.2, 0.25) is 0 Å². The number of hydrogen-bond donors (Lipinski definition) is 1. The molecule has 2 aromatic rings. The number of benzene rings is 1. The Kier molecular flexibility index (Phi) is 5.74. The van der Waals surface area contributed by atoms with Crippen LogP contribution < -0.4 is 5.73 Å². The van der Waals surface area contributed by atoms with E-state index in [1.807, 2.05) is 12.1 Å². The van der Waals surface area contributed by atoms with Gasteiger partial charge >= 0.3 is 0 Å². The molecule has 1 aliphatic heterocycles. The number of nitrogens with zero attached hydrogens (tertiary/aromatic N) is 3. The molecule has 4 rings (SSSR count). The van der Waals surface area contributed by atoms with Gasteiger partial charge in [0, 0.05) is 25.2 Å². The molecule has 1 aliphatic carbocycles. The van der Waals surface area contributed by atoms with E-state index in [2.05, 4.69) is 27.2 Å². The fourth-order valence-corrected chi connectivity index (χ4v) is 3.59. The van der Waals surface area contributed by atoms with Crippen molar-refractivity contribution in [3.8, 4) is 11.5 Å². The Bertz CT molecular complexity index is 694. The Balaban J connectivity index is 0.00000182. The molecule has 0 atom stereocenters. The summed E-state index contributed by atoms with van der Waals surface area (Å²) in [6.07, 6.45) is 4.14. The molecule has 2 N–H and O–H groups in total. The van der Waals surface area contributed by atoms with Gasteiger partial charge in [0.1, 0.15) is 0 Å². The molecule has 1 aromatic heterocycles. The number of nitrogens with two attached hydrogens (primary N) is 1. The van der Waals surface area contributed by atoms with E-state index < -0.39 is 5.54 Å². The maximum absolute atomic E-state index is 6.42. The summed E-state index contributed by atoms with van der Waals surface area (Å²) in [5.74, 6) is 1.21. The zero-order valence-electron chi connectivity index (χ0n) is 14.3. The number of aromatic nitrogens is 2. The number of hydrogen-bond acceptors (Lipinski definition) is 6. The third-order valence-electron chi connectivity index (χ3n) is 5.05. The van der Waals surface area contributed by atoms with Gasteiger partial charge in [-0.25, -0.2) is 0 Å². The molecule has 25 heavy (non-hydrogen) atoms. The van der Waals surface area contributed by atoms with Gasteiger partial charge in [-0.2, -0.15) is 4.98 Å². The smallest absolute Gasteiger partial charge is 0.258 e. The van der Waals surface area contributed by atoms with Crippen molar-refractivity contribution in [2.75, 3.05) is 26.3 Å². The van der Waals surface area contributed by atoms with E-state index >= 15 is 0 Å². The minimum absolute atomic E-state index is 0. The molecule has 0 unspecified atom stereocenters. The lowest BCUT2D eigenvalue weighted by Crippen LogP contribution is -2.35. The van der Waals surface area contributed by atoms with Gasteiger partial charge in [0.05, 0.1) is 18.8 Å². The van der Waals surface area contributed by atoms with E-state index in [0.717, 1.165) is 64.1 Å². The first-order valence-corrected chi connectivity index (χ1v) is 8.75. The summed E-state index contributed by atoms with van der Waals surface area (Å²) in [6, 6.07) is 8.32. The largest absolute Gasteiger partial charge is 0.379 e. The summed E-state index contributed by atoms with van der Waals surface area (Å²) >= 11 is 0. The average molecular weight is 365 g/mol. The molecule has 7 heteroatoms. The van der Waals surface area contributed by atoms with Crippen molar-refractivity contribution < 1.29 is 9.26 Å². The quantitative estimate of drug-likeness (QED) is 0.898. The lowest BCUT2D eigenvalue weighted by Gasteiger charge is -2.26. The number of halogens is 1. The van der Waals surface area contributed by atoms with Crippen LogP contribution in [0.2, 0.25) is 0 Å². The zero-order valence-corrected chi connectivity index (χ0v) is 15.1. The fourth-order valence-electron chi connectivity index (χ4n) is 3.59. The molecular weight excluding hydrogens is 340 g/mol. The zero-order chi connectivity index (χ0) is 16.4. The van der Waals surface area contributed by atoms with Crippen LogP contribution in [-0.4, -0.2) is 41.3 Å². The number of ether oxygens (including phenoxy) is 1. The van der Waals surface area contributed by atoms with E-state index in [0.29, 0.717) is 11.7 Å². The summed E-state index contributed by atoms with van der Waals surface area (Å²) in [5, 5.41) is 4.15. The van der Waals surface area contributed by atoms with Crippen LogP contribution in [0.1, 0.15) is 37.1 Å². The van der Waals surface area contributed by atoms with Gasteiger partial charge in [0.15, 0.2) is 5.82 Å². The fraction of sp³-hybridized carbons (Fsp3) is 0.556. The predicted octanol–water partition coefficient (Wildman–Crippen LogP) is 2.72. The molecule has 1 aromatic carbocycles. The normalized spacial score (nSPS) is 20.4. The topological polar surface area (TPSA) is 77.4 Å². The molecule has 1 saturated carbocycles. The highest BCUT2D eigenvalue weighted by Crippen LogP contribution is 2.35. The maximum Gasteiger partial charge on any atom is 0.258 e. The van der Waals surface area contributed by atoms with E-state index in [1.54, 1.807) is 0 Å². The third kappa shape index (κ3) is 4.03. The Morgan fingerprint density at radius 3 is 2.68 bits per heavy atom. The van der Waals surface area contributed by atoms with Gasteiger partial charge < -0.3 is 15.0 Å². The van der Waals surface area contributed by atoms with Crippen molar-refractivity contribution in [3.05, 3.63) is 35.7 Å². The van der Waals surface area contributed by atoms with Crippen LogP contribution >= 0.6 is 12.4 Å². The Labute approximate surface area is 154 Å². The molecule has 6 nitrogen and oxygen atoms in total. The molecule has 2 aliphatic rings. The molecular formula is C18H25ClN4O2. The monoisotopic (exact) mass is 364 g/mol. The molecule has 2 heterocycles. The van der Waals surface area contributed by atoms with Crippen molar-refractivity contribution in [1.29, 1.82) is 0 Å². The summed E-state index contributed by atoms with van der Waals surface area (Å²) in [4.78, 5) is 6.98. The number of rotatable bonds is 4.